The minimum atomic E-state index is -0.106. The average Bonchev–Trinajstić information content (AvgIpc) is 2.64. The van der Waals surface area contributed by atoms with Gasteiger partial charge in [-0.25, -0.2) is 5.43 Å². The van der Waals surface area contributed by atoms with Crippen molar-refractivity contribution in [3.63, 3.8) is 0 Å². The SMILES string of the molecule is C=CC[C@@H](NNC(C)=O)c1ccc[nH]1. The number of hydrogen-bond acceptors (Lipinski definition) is 2. The summed E-state index contributed by atoms with van der Waals surface area (Å²) in [5, 5.41) is 0. The third kappa shape index (κ3) is 3.06. The van der Waals surface area contributed by atoms with E-state index in [1.807, 2.05) is 18.3 Å². The molecule has 0 saturated heterocycles. The Balaban J connectivity index is 2.55. The van der Waals surface area contributed by atoms with Crippen molar-refractivity contribution in [3.8, 4) is 0 Å². The van der Waals surface area contributed by atoms with Crippen LogP contribution < -0.4 is 10.9 Å². The lowest BCUT2D eigenvalue weighted by Gasteiger charge is -2.15. The molecular formula is C10H15N3O. The van der Waals surface area contributed by atoms with Crippen LogP contribution in [0.25, 0.3) is 0 Å². The smallest absolute Gasteiger partial charge is 0.230 e. The molecule has 1 atom stereocenters. The summed E-state index contributed by atoms with van der Waals surface area (Å²) in [6.07, 6.45) is 4.40. The summed E-state index contributed by atoms with van der Waals surface area (Å²) < 4.78 is 0. The van der Waals surface area contributed by atoms with E-state index in [4.69, 9.17) is 0 Å². The molecule has 1 aromatic heterocycles. The summed E-state index contributed by atoms with van der Waals surface area (Å²) in [4.78, 5) is 13.8. The first kappa shape index (κ1) is 10.5. The Morgan fingerprint density at radius 3 is 3.07 bits per heavy atom. The fraction of sp³-hybridized carbons (Fsp3) is 0.300. The van der Waals surface area contributed by atoms with Gasteiger partial charge in [0.05, 0.1) is 6.04 Å². The summed E-state index contributed by atoms with van der Waals surface area (Å²) in [7, 11) is 0. The molecule has 1 aromatic rings. The van der Waals surface area contributed by atoms with Crippen molar-refractivity contribution in [2.45, 2.75) is 19.4 Å². The van der Waals surface area contributed by atoms with Crippen LogP contribution in [0, 0.1) is 0 Å². The molecule has 0 radical (unpaired) electrons. The maximum Gasteiger partial charge on any atom is 0.230 e. The number of hydrogen-bond donors (Lipinski definition) is 3. The van der Waals surface area contributed by atoms with E-state index >= 15 is 0 Å². The van der Waals surface area contributed by atoms with Gasteiger partial charge in [0.1, 0.15) is 0 Å². The van der Waals surface area contributed by atoms with Crippen LogP contribution in [-0.2, 0) is 4.79 Å². The van der Waals surface area contributed by atoms with E-state index in [0.717, 1.165) is 12.1 Å². The number of hydrazine groups is 1. The number of amides is 1. The molecule has 76 valence electrons. The molecule has 14 heavy (non-hydrogen) atoms. The Hall–Kier alpha value is -1.55. The molecule has 3 N–H and O–H groups in total. The highest BCUT2D eigenvalue weighted by atomic mass is 16.2. The van der Waals surface area contributed by atoms with Gasteiger partial charge in [-0.2, -0.15) is 0 Å². The largest absolute Gasteiger partial charge is 0.364 e. The maximum atomic E-state index is 10.7. The lowest BCUT2D eigenvalue weighted by molar-refractivity contribution is -0.120. The molecule has 0 spiro atoms. The van der Waals surface area contributed by atoms with Gasteiger partial charge in [0, 0.05) is 18.8 Å². The number of H-pyrrole nitrogens is 1. The molecule has 4 nitrogen and oxygen atoms in total. The first-order chi connectivity index (χ1) is 6.74. The number of aromatic nitrogens is 1. The highest BCUT2D eigenvalue weighted by Gasteiger charge is 2.09. The molecule has 0 fully saturated rings. The zero-order valence-corrected chi connectivity index (χ0v) is 8.21. The van der Waals surface area contributed by atoms with Crippen molar-refractivity contribution >= 4 is 5.91 Å². The minimum Gasteiger partial charge on any atom is -0.364 e. The Kier molecular flexibility index (Phi) is 3.94. The number of rotatable bonds is 5. The fourth-order valence-electron chi connectivity index (χ4n) is 1.18. The molecule has 0 bridgehead atoms. The molecule has 1 heterocycles. The van der Waals surface area contributed by atoms with E-state index in [1.165, 1.54) is 6.92 Å². The van der Waals surface area contributed by atoms with E-state index < -0.39 is 0 Å². The Morgan fingerprint density at radius 1 is 1.79 bits per heavy atom. The van der Waals surface area contributed by atoms with Crippen LogP contribution in [0.5, 0.6) is 0 Å². The van der Waals surface area contributed by atoms with Crippen molar-refractivity contribution in [3.05, 3.63) is 36.7 Å². The standard InChI is InChI=1S/C10H15N3O/c1-3-5-10(13-12-8(2)14)9-6-4-7-11-9/h3-4,6-7,10-11,13H,1,5H2,2H3,(H,12,14)/t10-/m1/s1. The van der Waals surface area contributed by atoms with Gasteiger partial charge in [-0.05, 0) is 18.6 Å². The summed E-state index contributed by atoms with van der Waals surface area (Å²) in [6.45, 7) is 5.14. The van der Waals surface area contributed by atoms with Crippen LogP contribution in [-0.4, -0.2) is 10.9 Å². The number of aromatic amines is 1. The Labute approximate surface area is 83.4 Å². The number of carbonyl (C=O) groups is 1. The monoisotopic (exact) mass is 193 g/mol. The molecule has 0 saturated carbocycles. The zero-order valence-electron chi connectivity index (χ0n) is 8.21. The van der Waals surface area contributed by atoms with Crippen LogP contribution in [0.3, 0.4) is 0 Å². The van der Waals surface area contributed by atoms with E-state index in [2.05, 4.69) is 22.4 Å². The maximum absolute atomic E-state index is 10.7. The van der Waals surface area contributed by atoms with Crippen molar-refractivity contribution in [2.24, 2.45) is 0 Å². The summed E-state index contributed by atoms with van der Waals surface area (Å²) in [5.74, 6) is -0.106. The van der Waals surface area contributed by atoms with Crippen LogP contribution in [0.2, 0.25) is 0 Å². The van der Waals surface area contributed by atoms with Crippen molar-refractivity contribution < 1.29 is 4.79 Å². The molecule has 0 aliphatic carbocycles. The lowest BCUT2D eigenvalue weighted by Crippen LogP contribution is -2.38. The number of nitrogens with one attached hydrogen (secondary N) is 3. The van der Waals surface area contributed by atoms with Gasteiger partial charge < -0.3 is 4.98 Å². The van der Waals surface area contributed by atoms with Gasteiger partial charge in [0.25, 0.3) is 0 Å². The van der Waals surface area contributed by atoms with E-state index in [0.29, 0.717) is 0 Å². The minimum absolute atomic E-state index is 0.0476. The fourth-order valence-corrected chi connectivity index (χ4v) is 1.18. The van der Waals surface area contributed by atoms with Crippen LogP contribution in [0.4, 0.5) is 0 Å². The summed E-state index contributed by atoms with van der Waals surface area (Å²) >= 11 is 0. The molecule has 0 aliphatic rings. The summed E-state index contributed by atoms with van der Waals surface area (Å²) in [6, 6.07) is 3.93. The van der Waals surface area contributed by atoms with Crippen LogP contribution >= 0.6 is 0 Å². The first-order valence-corrected chi connectivity index (χ1v) is 4.50. The quantitative estimate of drug-likeness (QED) is 0.487. The molecule has 1 amide bonds. The molecule has 0 aromatic carbocycles. The Bertz CT molecular complexity index is 292. The highest BCUT2D eigenvalue weighted by Crippen LogP contribution is 2.13. The summed E-state index contributed by atoms with van der Waals surface area (Å²) in [5.41, 5.74) is 6.51. The second-order valence-corrected chi connectivity index (χ2v) is 3.03. The van der Waals surface area contributed by atoms with Crippen LogP contribution in [0.1, 0.15) is 25.1 Å². The topological polar surface area (TPSA) is 56.9 Å². The van der Waals surface area contributed by atoms with Crippen molar-refractivity contribution in [1.29, 1.82) is 0 Å². The van der Waals surface area contributed by atoms with Gasteiger partial charge in [-0.15, -0.1) is 6.58 Å². The molecule has 4 heteroatoms. The van der Waals surface area contributed by atoms with Gasteiger partial charge >= 0.3 is 0 Å². The third-order valence-electron chi connectivity index (χ3n) is 1.82. The lowest BCUT2D eigenvalue weighted by atomic mass is 10.1. The van der Waals surface area contributed by atoms with Crippen molar-refractivity contribution in [2.75, 3.05) is 0 Å². The second kappa shape index (κ2) is 5.24. The normalized spacial score (nSPS) is 12.1. The first-order valence-electron chi connectivity index (χ1n) is 4.50. The Morgan fingerprint density at radius 2 is 2.57 bits per heavy atom. The molecule has 0 aliphatic heterocycles. The van der Waals surface area contributed by atoms with Gasteiger partial charge in [-0.1, -0.05) is 6.08 Å². The van der Waals surface area contributed by atoms with Crippen molar-refractivity contribution in [1.82, 2.24) is 15.8 Å². The van der Waals surface area contributed by atoms with Gasteiger partial charge in [0.15, 0.2) is 0 Å². The van der Waals surface area contributed by atoms with Crippen LogP contribution in [0.15, 0.2) is 31.0 Å². The van der Waals surface area contributed by atoms with E-state index in [9.17, 15) is 4.79 Å². The average molecular weight is 193 g/mol. The van der Waals surface area contributed by atoms with E-state index in [-0.39, 0.29) is 11.9 Å². The highest BCUT2D eigenvalue weighted by molar-refractivity contribution is 5.72. The molecular weight excluding hydrogens is 178 g/mol. The third-order valence-corrected chi connectivity index (χ3v) is 1.82. The number of carbonyl (C=O) groups excluding carboxylic acids is 1. The zero-order chi connectivity index (χ0) is 10.4. The van der Waals surface area contributed by atoms with Gasteiger partial charge in [0.2, 0.25) is 5.91 Å². The molecule has 0 unspecified atom stereocenters. The second-order valence-electron chi connectivity index (χ2n) is 3.03. The predicted octanol–water partition coefficient (Wildman–Crippen LogP) is 1.27. The molecule has 1 rings (SSSR count). The predicted molar refractivity (Wildman–Crippen MR) is 55.3 cm³/mol. The van der Waals surface area contributed by atoms with E-state index in [1.54, 1.807) is 6.08 Å². The van der Waals surface area contributed by atoms with Gasteiger partial charge in [-0.3, -0.25) is 10.2 Å².